The van der Waals surface area contributed by atoms with E-state index in [0.717, 1.165) is 31.7 Å². The molecule has 6 nitrogen and oxygen atoms in total. The van der Waals surface area contributed by atoms with Crippen molar-refractivity contribution in [3.8, 4) is 0 Å². The van der Waals surface area contributed by atoms with Gasteiger partial charge in [0.1, 0.15) is 10.7 Å². The number of aryl methyl sites for hydroxylation is 1. The molecule has 7 heteroatoms. The van der Waals surface area contributed by atoms with Crippen LogP contribution in [0.1, 0.15) is 30.0 Å². The number of hydrogen-bond acceptors (Lipinski definition) is 4. The first-order chi connectivity index (χ1) is 13.0. The number of para-hydroxylation sites is 1. The number of nitrogens with zero attached hydrogens (tertiary/aromatic N) is 2. The number of fused-ring (bicyclic) bond motifs is 1. The van der Waals surface area contributed by atoms with Gasteiger partial charge in [-0.05, 0) is 56.5 Å². The summed E-state index contributed by atoms with van der Waals surface area (Å²) in [5, 5.41) is 1.33. The van der Waals surface area contributed by atoms with Crippen molar-refractivity contribution >= 4 is 26.7 Å². The third-order valence-corrected chi connectivity index (χ3v) is 6.87. The quantitative estimate of drug-likeness (QED) is 0.724. The molecule has 1 aliphatic heterocycles. The molecule has 0 atom stereocenters. The van der Waals surface area contributed by atoms with Crippen LogP contribution in [0.3, 0.4) is 0 Å². The molecular formula is C20H24N4O2S. The van der Waals surface area contributed by atoms with Crippen LogP contribution in [0.5, 0.6) is 0 Å². The molecule has 1 fully saturated rings. The Kier molecular flexibility index (Phi) is 4.65. The maximum atomic E-state index is 11.8. The van der Waals surface area contributed by atoms with E-state index < -0.39 is 10.0 Å². The Morgan fingerprint density at radius 2 is 1.89 bits per heavy atom. The van der Waals surface area contributed by atoms with Crippen molar-refractivity contribution in [2.75, 3.05) is 25.0 Å². The fourth-order valence-electron chi connectivity index (χ4n) is 4.06. The van der Waals surface area contributed by atoms with E-state index in [1.165, 1.54) is 35.4 Å². The van der Waals surface area contributed by atoms with Gasteiger partial charge in [0.2, 0.25) is 10.0 Å². The molecule has 3 heterocycles. The normalized spacial score (nSPS) is 16.1. The molecule has 1 aliphatic rings. The molecule has 0 unspecified atom stereocenters. The molecule has 1 aromatic carbocycles. The van der Waals surface area contributed by atoms with Gasteiger partial charge in [0, 0.05) is 35.9 Å². The Morgan fingerprint density at radius 1 is 1.15 bits per heavy atom. The highest BCUT2D eigenvalue weighted by atomic mass is 32.2. The summed E-state index contributed by atoms with van der Waals surface area (Å²) in [5.41, 5.74) is 3.90. The predicted molar refractivity (Wildman–Crippen MR) is 108 cm³/mol. The van der Waals surface area contributed by atoms with Gasteiger partial charge in [-0.25, -0.2) is 18.1 Å². The highest BCUT2D eigenvalue weighted by molar-refractivity contribution is 7.89. The van der Waals surface area contributed by atoms with Gasteiger partial charge in [-0.2, -0.15) is 0 Å². The Morgan fingerprint density at radius 3 is 2.56 bits per heavy atom. The molecule has 3 aromatic rings. The molecule has 0 spiro atoms. The monoisotopic (exact) mass is 384 g/mol. The van der Waals surface area contributed by atoms with Crippen LogP contribution in [0.15, 0.2) is 47.5 Å². The van der Waals surface area contributed by atoms with Crippen LogP contribution in [0.2, 0.25) is 0 Å². The van der Waals surface area contributed by atoms with E-state index in [0.29, 0.717) is 5.92 Å². The zero-order chi connectivity index (χ0) is 19.0. The number of aromatic nitrogens is 2. The summed E-state index contributed by atoms with van der Waals surface area (Å²) in [6.45, 7) is 3.98. The summed E-state index contributed by atoms with van der Waals surface area (Å²) in [7, 11) is -2.04. The molecule has 0 amide bonds. The standard InChI is InChI=1S/C20H24N4O2S/c1-14-20(17-5-3-4-6-18(17)23-14)15-9-11-24(12-10-15)19-8-7-16(13-22-19)27(25,26)21-2/h3-8,13,15,21,23H,9-12H2,1-2H3. The summed E-state index contributed by atoms with van der Waals surface area (Å²) in [6.07, 6.45) is 3.54. The summed E-state index contributed by atoms with van der Waals surface area (Å²) < 4.78 is 26.0. The minimum absolute atomic E-state index is 0.193. The topological polar surface area (TPSA) is 78.1 Å². The second kappa shape index (κ2) is 6.98. The van der Waals surface area contributed by atoms with Gasteiger partial charge in [0.05, 0.1) is 0 Å². The molecule has 4 rings (SSSR count). The first-order valence-corrected chi connectivity index (χ1v) is 10.7. The number of pyridine rings is 1. The molecule has 0 bridgehead atoms. The van der Waals surface area contributed by atoms with Crippen molar-refractivity contribution in [2.45, 2.75) is 30.6 Å². The average Bonchev–Trinajstić information content (AvgIpc) is 3.04. The van der Waals surface area contributed by atoms with Crippen LogP contribution in [0.25, 0.3) is 10.9 Å². The third kappa shape index (κ3) is 3.33. The van der Waals surface area contributed by atoms with E-state index in [1.807, 2.05) is 0 Å². The molecule has 1 saturated heterocycles. The smallest absolute Gasteiger partial charge is 0.241 e. The van der Waals surface area contributed by atoms with Gasteiger partial charge in [0.15, 0.2) is 0 Å². The van der Waals surface area contributed by atoms with Crippen molar-refractivity contribution in [1.82, 2.24) is 14.7 Å². The summed E-state index contributed by atoms with van der Waals surface area (Å²) >= 11 is 0. The molecule has 0 aliphatic carbocycles. The van der Waals surface area contributed by atoms with Crippen LogP contribution in [0.4, 0.5) is 5.82 Å². The Balaban J connectivity index is 1.50. The van der Waals surface area contributed by atoms with Crippen LogP contribution in [-0.2, 0) is 10.0 Å². The largest absolute Gasteiger partial charge is 0.358 e. The highest BCUT2D eigenvalue weighted by Crippen LogP contribution is 2.36. The lowest BCUT2D eigenvalue weighted by Crippen LogP contribution is -2.33. The van der Waals surface area contributed by atoms with Gasteiger partial charge in [-0.1, -0.05) is 18.2 Å². The lowest BCUT2D eigenvalue weighted by Gasteiger charge is -2.33. The maximum absolute atomic E-state index is 11.8. The van der Waals surface area contributed by atoms with Crippen molar-refractivity contribution in [3.05, 3.63) is 53.9 Å². The second-order valence-corrected chi connectivity index (χ2v) is 8.92. The van der Waals surface area contributed by atoms with Crippen LogP contribution >= 0.6 is 0 Å². The molecule has 2 aromatic heterocycles. The fraction of sp³-hybridized carbons (Fsp3) is 0.350. The van der Waals surface area contributed by atoms with E-state index in [1.54, 1.807) is 12.1 Å². The van der Waals surface area contributed by atoms with Gasteiger partial charge >= 0.3 is 0 Å². The molecule has 142 valence electrons. The molecule has 27 heavy (non-hydrogen) atoms. The molecule has 0 saturated carbocycles. The summed E-state index contributed by atoms with van der Waals surface area (Å²) in [6, 6.07) is 11.9. The van der Waals surface area contributed by atoms with Crippen molar-refractivity contribution in [2.24, 2.45) is 0 Å². The van der Waals surface area contributed by atoms with Gasteiger partial charge in [-0.15, -0.1) is 0 Å². The predicted octanol–water partition coefficient (Wildman–Crippen LogP) is 3.16. The van der Waals surface area contributed by atoms with Crippen LogP contribution < -0.4 is 9.62 Å². The number of H-pyrrole nitrogens is 1. The first-order valence-electron chi connectivity index (χ1n) is 9.21. The Hall–Kier alpha value is -2.38. The fourth-order valence-corrected chi connectivity index (χ4v) is 4.73. The van der Waals surface area contributed by atoms with E-state index in [-0.39, 0.29) is 4.90 Å². The average molecular weight is 385 g/mol. The van der Waals surface area contributed by atoms with Crippen molar-refractivity contribution in [1.29, 1.82) is 0 Å². The lowest BCUT2D eigenvalue weighted by molar-refractivity contribution is 0.503. The lowest BCUT2D eigenvalue weighted by atomic mass is 9.87. The minimum Gasteiger partial charge on any atom is -0.358 e. The van der Waals surface area contributed by atoms with E-state index in [2.05, 4.69) is 50.8 Å². The van der Waals surface area contributed by atoms with E-state index in [9.17, 15) is 8.42 Å². The number of benzene rings is 1. The Bertz CT molecular complexity index is 1050. The number of piperidine rings is 1. The maximum Gasteiger partial charge on any atom is 0.241 e. The van der Waals surface area contributed by atoms with Crippen LogP contribution in [0, 0.1) is 6.92 Å². The van der Waals surface area contributed by atoms with E-state index >= 15 is 0 Å². The number of rotatable bonds is 4. The zero-order valence-electron chi connectivity index (χ0n) is 15.6. The third-order valence-electron chi connectivity index (χ3n) is 5.47. The van der Waals surface area contributed by atoms with Gasteiger partial charge in [0.25, 0.3) is 0 Å². The SMILES string of the molecule is CNS(=O)(=O)c1ccc(N2CCC(c3c(C)[nH]c4ccccc34)CC2)nc1. The highest BCUT2D eigenvalue weighted by Gasteiger charge is 2.25. The number of aromatic amines is 1. The van der Waals surface area contributed by atoms with Crippen molar-refractivity contribution in [3.63, 3.8) is 0 Å². The number of nitrogens with one attached hydrogen (secondary N) is 2. The number of anilines is 1. The number of sulfonamides is 1. The van der Waals surface area contributed by atoms with Crippen molar-refractivity contribution < 1.29 is 8.42 Å². The second-order valence-electron chi connectivity index (χ2n) is 7.03. The zero-order valence-corrected chi connectivity index (χ0v) is 16.4. The first kappa shape index (κ1) is 18.0. The molecular weight excluding hydrogens is 360 g/mol. The molecule has 0 radical (unpaired) electrons. The minimum atomic E-state index is -3.44. The Labute approximate surface area is 159 Å². The van der Waals surface area contributed by atoms with Gasteiger partial charge in [-0.3, -0.25) is 0 Å². The molecule has 2 N–H and O–H groups in total. The van der Waals surface area contributed by atoms with Gasteiger partial charge < -0.3 is 9.88 Å². The summed E-state index contributed by atoms with van der Waals surface area (Å²) in [5.74, 6) is 1.36. The van der Waals surface area contributed by atoms with E-state index in [4.69, 9.17) is 0 Å². The summed E-state index contributed by atoms with van der Waals surface area (Å²) in [4.78, 5) is 10.3. The van der Waals surface area contributed by atoms with Crippen LogP contribution in [-0.4, -0.2) is 38.5 Å². The number of hydrogen-bond donors (Lipinski definition) is 2.